The molecular weight excluding hydrogens is 288 g/mol. The topological polar surface area (TPSA) is 73.8 Å². The van der Waals surface area contributed by atoms with Crippen molar-refractivity contribution in [1.29, 1.82) is 0 Å². The van der Waals surface area contributed by atoms with Crippen molar-refractivity contribution in [2.75, 3.05) is 0 Å². The molecule has 0 spiro atoms. The van der Waals surface area contributed by atoms with Crippen molar-refractivity contribution in [2.45, 2.75) is 0 Å². The second kappa shape index (κ2) is 5.38. The highest BCUT2D eigenvalue weighted by Gasteiger charge is 2.06. The first-order valence-corrected chi connectivity index (χ1v) is 6.60. The molecule has 0 bridgehead atoms. The van der Waals surface area contributed by atoms with Crippen LogP contribution in [0.2, 0.25) is 5.02 Å². The molecule has 0 radical (unpaired) electrons. The highest BCUT2D eigenvalue weighted by molar-refractivity contribution is 6.30. The van der Waals surface area contributed by atoms with Crippen LogP contribution >= 0.6 is 11.6 Å². The zero-order valence-electron chi connectivity index (χ0n) is 10.9. The van der Waals surface area contributed by atoms with Crippen LogP contribution in [-0.2, 0) is 0 Å². The van der Waals surface area contributed by atoms with Crippen molar-refractivity contribution in [1.82, 2.24) is 15.0 Å². The van der Waals surface area contributed by atoms with Gasteiger partial charge in [0.05, 0.1) is 11.9 Å². The fraction of sp³-hybridized carbons (Fsp3) is 0. The van der Waals surface area contributed by atoms with Gasteiger partial charge in [0.1, 0.15) is 5.69 Å². The number of primary amides is 1. The number of carbonyl (C=O) groups excluding carboxylic acids is 1. The molecule has 0 aliphatic carbocycles. The first-order valence-electron chi connectivity index (χ1n) is 6.22. The van der Waals surface area contributed by atoms with Gasteiger partial charge in [0, 0.05) is 16.1 Å². The molecular formula is C15H11ClN4O. The zero-order chi connectivity index (χ0) is 14.8. The summed E-state index contributed by atoms with van der Waals surface area (Å²) in [6, 6.07) is 14.2. The van der Waals surface area contributed by atoms with Crippen LogP contribution in [0.3, 0.4) is 0 Å². The van der Waals surface area contributed by atoms with Crippen molar-refractivity contribution in [3.63, 3.8) is 0 Å². The molecule has 0 saturated heterocycles. The molecule has 21 heavy (non-hydrogen) atoms. The minimum Gasteiger partial charge on any atom is -0.366 e. The van der Waals surface area contributed by atoms with Gasteiger partial charge in [-0.15, -0.1) is 5.10 Å². The normalized spacial score (nSPS) is 10.5. The third kappa shape index (κ3) is 2.78. The lowest BCUT2D eigenvalue weighted by molar-refractivity contribution is 0.100. The van der Waals surface area contributed by atoms with Gasteiger partial charge in [0.25, 0.3) is 0 Å². The molecule has 2 aromatic carbocycles. The number of rotatable bonds is 3. The SMILES string of the molecule is NC(=O)c1ccc(-n2cc(-c3ccc(Cl)cc3)nn2)cc1. The second-order valence-electron chi connectivity index (χ2n) is 4.47. The van der Waals surface area contributed by atoms with E-state index in [9.17, 15) is 4.79 Å². The number of aromatic nitrogens is 3. The van der Waals surface area contributed by atoms with Gasteiger partial charge < -0.3 is 5.73 Å². The molecule has 0 saturated carbocycles. The van der Waals surface area contributed by atoms with Crippen LogP contribution in [0.5, 0.6) is 0 Å². The third-order valence-corrected chi connectivity index (χ3v) is 3.30. The Morgan fingerprint density at radius 1 is 1.05 bits per heavy atom. The minimum absolute atomic E-state index is 0.455. The lowest BCUT2D eigenvalue weighted by atomic mass is 10.2. The Morgan fingerprint density at radius 2 is 1.71 bits per heavy atom. The van der Waals surface area contributed by atoms with E-state index < -0.39 is 5.91 Å². The molecule has 0 aliphatic rings. The van der Waals surface area contributed by atoms with Crippen LogP contribution in [0, 0.1) is 0 Å². The summed E-state index contributed by atoms with van der Waals surface area (Å²) in [5.41, 5.74) is 8.14. The maximum absolute atomic E-state index is 11.0. The monoisotopic (exact) mass is 298 g/mol. The van der Waals surface area contributed by atoms with E-state index in [0.717, 1.165) is 16.9 Å². The molecule has 0 fully saturated rings. The predicted molar refractivity (Wildman–Crippen MR) is 80.3 cm³/mol. The quantitative estimate of drug-likeness (QED) is 0.808. The number of benzene rings is 2. The van der Waals surface area contributed by atoms with Crippen molar-refractivity contribution in [2.24, 2.45) is 5.73 Å². The van der Waals surface area contributed by atoms with E-state index in [2.05, 4.69) is 10.3 Å². The van der Waals surface area contributed by atoms with Gasteiger partial charge in [-0.25, -0.2) is 4.68 Å². The molecule has 3 rings (SSSR count). The zero-order valence-corrected chi connectivity index (χ0v) is 11.7. The van der Waals surface area contributed by atoms with E-state index in [0.29, 0.717) is 10.6 Å². The minimum atomic E-state index is -0.456. The van der Waals surface area contributed by atoms with Crippen LogP contribution in [-0.4, -0.2) is 20.9 Å². The van der Waals surface area contributed by atoms with Crippen molar-refractivity contribution in [3.8, 4) is 16.9 Å². The highest BCUT2D eigenvalue weighted by Crippen LogP contribution is 2.20. The average molecular weight is 299 g/mol. The van der Waals surface area contributed by atoms with Crippen LogP contribution in [0.1, 0.15) is 10.4 Å². The van der Waals surface area contributed by atoms with E-state index in [1.807, 2.05) is 18.3 Å². The van der Waals surface area contributed by atoms with Gasteiger partial charge in [-0.05, 0) is 36.4 Å². The predicted octanol–water partition coefficient (Wildman–Crippen LogP) is 2.69. The molecule has 1 aromatic heterocycles. The van der Waals surface area contributed by atoms with Gasteiger partial charge in [0.15, 0.2) is 0 Å². The number of nitrogens with two attached hydrogens (primary N) is 1. The van der Waals surface area contributed by atoms with Gasteiger partial charge in [-0.2, -0.15) is 0 Å². The highest BCUT2D eigenvalue weighted by atomic mass is 35.5. The summed E-state index contributed by atoms with van der Waals surface area (Å²) < 4.78 is 1.63. The van der Waals surface area contributed by atoms with Crippen LogP contribution < -0.4 is 5.73 Å². The lowest BCUT2D eigenvalue weighted by Gasteiger charge is -2.00. The molecule has 2 N–H and O–H groups in total. The van der Waals surface area contributed by atoms with Crippen LogP contribution in [0.15, 0.2) is 54.7 Å². The Labute approximate surface area is 126 Å². The van der Waals surface area contributed by atoms with Crippen molar-refractivity contribution < 1.29 is 4.79 Å². The number of carbonyl (C=O) groups is 1. The van der Waals surface area contributed by atoms with E-state index in [4.69, 9.17) is 17.3 Å². The molecule has 0 aliphatic heterocycles. The second-order valence-corrected chi connectivity index (χ2v) is 4.90. The number of amides is 1. The summed E-state index contributed by atoms with van der Waals surface area (Å²) in [5, 5.41) is 8.88. The Balaban J connectivity index is 1.90. The summed E-state index contributed by atoms with van der Waals surface area (Å²) in [6.07, 6.45) is 1.81. The molecule has 0 unspecified atom stereocenters. The maximum atomic E-state index is 11.0. The molecule has 5 nitrogen and oxygen atoms in total. The van der Waals surface area contributed by atoms with Gasteiger partial charge in [-0.3, -0.25) is 4.79 Å². The van der Waals surface area contributed by atoms with Gasteiger partial charge in [0.2, 0.25) is 5.91 Å². The lowest BCUT2D eigenvalue weighted by Crippen LogP contribution is -2.10. The van der Waals surface area contributed by atoms with E-state index in [-0.39, 0.29) is 0 Å². The van der Waals surface area contributed by atoms with E-state index in [1.165, 1.54) is 0 Å². The summed E-state index contributed by atoms with van der Waals surface area (Å²) in [7, 11) is 0. The molecule has 1 heterocycles. The molecule has 6 heteroatoms. The number of hydrogen-bond acceptors (Lipinski definition) is 3. The van der Waals surface area contributed by atoms with Crippen molar-refractivity contribution >= 4 is 17.5 Å². The fourth-order valence-electron chi connectivity index (χ4n) is 1.92. The van der Waals surface area contributed by atoms with Crippen molar-refractivity contribution in [3.05, 3.63) is 65.3 Å². The summed E-state index contributed by atoms with van der Waals surface area (Å²) >= 11 is 5.86. The molecule has 0 atom stereocenters. The average Bonchev–Trinajstić information content (AvgIpc) is 2.98. The van der Waals surface area contributed by atoms with E-state index in [1.54, 1.807) is 41.1 Å². The summed E-state index contributed by atoms with van der Waals surface area (Å²) in [6.45, 7) is 0. The Kier molecular flexibility index (Phi) is 3.41. The molecule has 3 aromatic rings. The summed E-state index contributed by atoms with van der Waals surface area (Å²) in [5.74, 6) is -0.456. The van der Waals surface area contributed by atoms with Gasteiger partial charge >= 0.3 is 0 Å². The maximum Gasteiger partial charge on any atom is 0.248 e. The Bertz CT molecular complexity index is 778. The van der Waals surface area contributed by atoms with Crippen LogP contribution in [0.4, 0.5) is 0 Å². The molecule has 104 valence electrons. The summed E-state index contributed by atoms with van der Waals surface area (Å²) in [4.78, 5) is 11.0. The number of halogens is 1. The number of nitrogens with zero attached hydrogens (tertiary/aromatic N) is 3. The molecule has 1 amide bonds. The first-order chi connectivity index (χ1) is 10.1. The fourth-order valence-corrected chi connectivity index (χ4v) is 2.05. The van der Waals surface area contributed by atoms with Gasteiger partial charge in [-0.1, -0.05) is 28.9 Å². The smallest absolute Gasteiger partial charge is 0.248 e. The van der Waals surface area contributed by atoms with Crippen LogP contribution in [0.25, 0.3) is 16.9 Å². The third-order valence-electron chi connectivity index (χ3n) is 3.05. The first kappa shape index (κ1) is 13.3. The number of hydrogen-bond donors (Lipinski definition) is 1. The van der Waals surface area contributed by atoms with E-state index >= 15 is 0 Å². The Hall–Kier alpha value is -2.66. The standard InChI is InChI=1S/C15H11ClN4O/c16-12-5-1-10(2-6-12)14-9-20(19-18-14)13-7-3-11(4-8-13)15(17)21/h1-9H,(H2,17,21). The Morgan fingerprint density at radius 3 is 2.33 bits per heavy atom. The largest absolute Gasteiger partial charge is 0.366 e.